The molecule has 1 aliphatic carbocycles. The Labute approximate surface area is 120 Å². The normalized spacial score (nSPS) is 15.6. The summed E-state index contributed by atoms with van der Waals surface area (Å²) in [7, 11) is -1.75. The second-order valence-electron chi connectivity index (χ2n) is 4.91. The Kier molecular flexibility index (Phi) is 4.81. The Hall–Kier alpha value is -1.35. The first-order chi connectivity index (χ1) is 9.55. The maximum atomic E-state index is 12.4. The SMILES string of the molecule is CN(C1CCC1)S(=O)(=O)c1ccc(C#CCCO)cc1. The van der Waals surface area contributed by atoms with Gasteiger partial charge in [0.1, 0.15) is 0 Å². The van der Waals surface area contributed by atoms with Crippen LogP contribution in [0.5, 0.6) is 0 Å². The highest BCUT2D eigenvalue weighted by atomic mass is 32.2. The lowest BCUT2D eigenvalue weighted by atomic mass is 9.94. The third-order valence-corrected chi connectivity index (χ3v) is 5.51. The minimum atomic E-state index is -3.40. The molecule has 20 heavy (non-hydrogen) atoms. The van der Waals surface area contributed by atoms with Crippen molar-refractivity contribution in [3.63, 3.8) is 0 Å². The van der Waals surface area contributed by atoms with E-state index >= 15 is 0 Å². The van der Waals surface area contributed by atoms with Crippen LogP contribution in [0.25, 0.3) is 0 Å². The minimum absolute atomic E-state index is 0.0334. The van der Waals surface area contributed by atoms with Crippen molar-refractivity contribution >= 4 is 10.0 Å². The molecule has 0 atom stereocenters. The average molecular weight is 293 g/mol. The molecule has 0 heterocycles. The molecule has 1 aromatic carbocycles. The maximum Gasteiger partial charge on any atom is 0.243 e. The third kappa shape index (κ3) is 3.21. The predicted octanol–water partition coefficient (Wildman–Crippen LogP) is 1.59. The summed E-state index contributed by atoms with van der Waals surface area (Å²) >= 11 is 0. The molecule has 1 aliphatic rings. The zero-order valence-corrected chi connectivity index (χ0v) is 12.4. The van der Waals surface area contributed by atoms with E-state index in [4.69, 9.17) is 5.11 Å². The van der Waals surface area contributed by atoms with Gasteiger partial charge < -0.3 is 5.11 Å². The number of rotatable bonds is 4. The first-order valence-corrected chi connectivity index (χ1v) is 8.17. The molecule has 0 aliphatic heterocycles. The van der Waals surface area contributed by atoms with E-state index in [-0.39, 0.29) is 12.6 Å². The quantitative estimate of drug-likeness (QED) is 0.858. The van der Waals surface area contributed by atoms with Gasteiger partial charge in [0.2, 0.25) is 10.0 Å². The van der Waals surface area contributed by atoms with Crippen LogP contribution < -0.4 is 0 Å². The number of benzene rings is 1. The summed E-state index contributed by atoms with van der Waals surface area (Å²) in [4.78, 5) is 0.305. The molecule has 1 saturated carbocycles. The molecular formula is C15H19NO3S. The maximum absolute atomic E-state index is 12.4. The van der Waals surface area contributed by atoms with Gasteiger partial charge in [0.25, 0.3) is 0 Å². The van der Waals surface area contributed by atoms with Crippen LogP contribution in [0.2, 0.25) is 0 Å². The molecule has 0 amide bonds. The topological polar surface area (TPSA) is 57.6 Å². The molecule has 2 rings (SSSR count). The summed E-state index contributed by atoms with van der Waals surface area (Å²) in [5, 5.41) is 8.65. The number of aliphatic hydroxyl groups excluding tert-OH is 1. The number of nitrogens with zero attached hydrogens (tertiary/aromatic N) is 1. The lowest BCUT2D eigenvalue weighted by molar-refractivity contribution is 0.249. The van der Waals surface area contributed by atoms with Crippen molar-refractivity contribution in [1.82, 2.24) is 4.31 Å². The van der Waals surface area contributed by atoms with Crippen molar-refractivity contribution in [2.75, 3.05) is 13.7 Å². The molecule has 5 heteroatoms. The van der Waals surface area contributed by atoms with E-state index in [1.54, 1.807) is 31.3 Å². The Bertz CT molecular complexity index is 607. The molecule has 0 saturated heterocycles. The molecule has 1 N–H and O–H groups in total. The Morgan fingerprint density at radius 1 is 1.30 bits per heavy atom. The number of hydrogen-bond donors (Lipinski definition) is 1. The van der Waals surface area contributed by atoms with Crippen molar-refractivity contribution in [2.24, 2.45) is 0 Å². The van der Waals surface area contributed by atoms with Crippen molar-refractivity contribution in [1.29, 1.82) is 0 Å². The van der Waals surface area contributed by atoms with Crippen LogP contribution >= 0.6 is 0 Å². The molecule has 1 fully saturated rings. The van der Waals surface area contributed by atoms with Crippen molar-refractivity contribution in [2.45, 2.75) is 36.6 Å². The summed E-state index contributed by atoms with van der Waals surface area (Å²) in [5.74, 6) is 5.69. The van der Waals surface area contributed by atoms with E-state index in [1.807, 2.05) is 0 Å². The smallest absolute Gasteiger partial charge is 0.243 e. The van der Waals surface area contributed by atoms with Crippen LogP contribution in [0.1, 0.15) is 31.2 Å². The molecule has 108 valence electrons. The van der Waals surface area contributed by atoms with E-state index in [0.29, 0.717) is 11.3 Å². The van der Waals surface area contributed by atoms with E-state index in [2.05, 4.69) is 11.8 Å². The second-order valence-corrected chi connectivity index (χ2v) is 6.90. The van der Waals surface area contributed by atoms with Gasteiger partial charge in [0.15, 0.2) is 0 Å². The molecule has 0 radical (unpaired) electrons. The van der Waals surface area contributed by atoms with Gasteiger partial charge >= 0.3 is 0 Å². The van der Waals surface area contributed by atoms with Crippen LogP contribution in [0, 0.1) is 11.8 Å². The Morgan fingerprint density at radius 2 is 1.95 bits per heavy atom. The van der Waals surface area contributed by atoms with Gasteiger partial charge in [-0.1, -0.05) is 18.3 Å². The zero-order valence-electron chi connectivity index (χ0n) is 11.5. The van der Waals surface area contributed by atoms with Crippen LogP contribution in [-0.4, -0.2) is 37.5 Å². The van der Waals surface area contributed by atoms with Crippen LogP contribution in [0.4, 0.5) is 0 Å². The molecule has 0 bridgehead atoms. The summed E-state index contributed by atoms with van der Waals surface area (Å²) in [5.41, 5.74) is 0.753. The first kappa shape index (κ1) is 15.0. The van der Waals surface area contributed by atoms with Gasteiger partial charge in [-0.05, 0) is 37.1 Å². The third-order valence-electron chi connectivity index (χ3n) is 3.59. The van der Waals surface area contributed by atoms with E-state index in [1.165, 1.54) is 4.31 Å². The van der Waals surface area contributed by atoms with Crippen LogP contribution in [0.15, 0.2) is 29.2 Å². The fraction of sp³-hybridized carbons (Fsp3) is 0.467. The number of sulfonamides is 1. The van der Waals surface area contributed by atoms with E-state index < -0.39 is 10.0 Å². The molecular weight excluding hydrogens is 274 g/mol. The largest absolute Gasteiger partial charge is 0.395 e. The average Bonchev–Trinajstić information content (AvgIpc) is 2.37. The Balaban J connectivity index is 2.14. The second kappa shape index (κ2) is 6.40. The molecule has 0 aromatic heterocycles. The van der Waals surface area contributed by atoms with Crippen molar-refractivity contribution < 1.29 is 13.5 Å². The van der Waals surface area contributed by atoms with Crippen molar-refractivity contribution in [3.8, 4) is 11.8 Å². The van der Waals surface area contributed by atoms with Gasteiger partial charge in [-0.2, -0.15) is 4.31 Å². The Morgan fingerprint density at radius 3 is 2.45 bits per heavy atom. The lowest BCUT2D eigenvalue weighted by Gasteiger charge is -2.33. The summed E-state index contributed by atoms with van der Waals surface area (Å²) in [6.07, 6.45) is 3.41. The lowest BCUT2D eigenvalue weighted by Crippen LogP contribution is -2.41. The monoisotopic (exact) mass is 293 g/mol. The fourth-order valence-corrected chi connectivity index (χ4v) is 3.46. The first-order valence-electron chi connectivity index (χ1n) is 6.73. The van der Waals surface area contributed by atoms with E-state index in [9.17, 15) is 8.42 Å². The zero-order chi connectivity index (χ0) is 14.6. The highest BCUT2D eigenvalue weighted by Gasteiger charge is 2.31. The van der Waals surface area contributed by atoms with Crippen molar-refractivity contribution in [3.05, 3.63) is 29.8 Å². The molecule has 0 spiro atoms. The molecule has 0 unspecified atom stereocenters. The summed E-state index contributed by atoms with van der Waals surface area (Å²) in [6.45, 7) is 0.0334. The van der Waals surface area contributed by atoms with Gasteiger partial charge in [-0.25, -0.2) is 8.42 Å². The highest BCUT2D eigenvalue weighted by molar-refractivity contribution is 7.89. The van der Waals surface area contributed by atoms with Crippen LogP contribution in [-0.2, 0) is 10.0 Å². The van der Waals surface area contributed by atoms with Gasteiger partial charge in [0.05, 0.1) is 11.5 Å². The van der Waals surface area contributed by atoms with Crippen LogP contribution in [0.3, 0.4) is 0 Å². The minimum Gasteiger partial charge on any atom is -0.395 e. The molecule has 4 nitrogen and oxygen atoms in total. The molecule has 1 aromatic rings. The standard InChI is InChI=1S/C15H19NO3S/c1-16(14-6-4-7-14)20(18,19)15-10-8-13(9-11-15)5-2-3-12-17/h8-11,14,17H,3-4,6-7,12H2,1H3. The van der Waals surface area contributed by atoms with Gasteiger partial charge in [0, 0.05) is 25.1 Å². The van der Waals surface area contributed by atoms with Gasteiger partial charge in [-0.3, -0.25) is 0 Å². The van der Waals surface area contributed by atoms with E-state index in [0.717, 1.165) is 24.8 Å². The summed E-state index contributed by atoms with van der Waals surface area (Å²) < 4.78 is 26.3. The summed E-state index contributed by atoms with van der Waals surface area (Å²) in [6, 6.07) is 6.72. The van der Waals surface area contributed by atoms with Gasteiger partial charge in [-0.15, -0.1) is 0 Å². The number of hydrogen-bond acceptors (Lipinski definition) is 3. The predicted molar refractivity (Wildman–Crippen MR) is 77.6 cm³/mol. The number of aliphatic hydroxyl groups is 1. The highest BCUT2D eigenvalue weighted by Crippen LogP contribution is 2.28. The fourth-order valence-electron chi connectivity index (χ4n) is 2.04.